The van der Waals surface area contributed by atoms with E-state index in [1.165, 1.54) is 0 Å². The third-order valence-corrected chi connectivity index (χ3v) is 1.45. The van der Waals surface area contributed by atoms with Gasteiger partial charge in [0.2, 0.25) is 0 Å². The third kappa shape index (κ3) is 7.38. The van der Waals surface area contributed by atoms with Gasteiger partial charge in [-0.1, -0.05) is 26.2 Å². The van der Waals surface area contributed by atoms with Crippen molar-refractivity contribution in [2.24, 2.45) is 0 Å². The van der Waals surface area contributed by atoms with Crippen molar-refractivity contribution >= 4 is 6.09 Å². The average molecular weight is 172 g/mol. The van der Waals surface area contributed by atoms with E-state index in [0.717, 1.165) is 25.7 Å². The van der Waals surface area contributed by atoms with E-state index in [-0.39, 0.29) is 6.09 Å². The van der Waals surface area contributed by atoms with Crippen LogP contribution in [0.1, 0.15) is 32.6 Å². The molecule has 0 atom stereocenters. The van der Waals surface area contributed by atoms with Gasteiger partial charge in [-0.2, -0.15) is 0 Å². The summed E-state index contributed by atoms with van der Waals surface area (Å²) in [6.07, 6.45) is 3.78. The Bertz CT molecular complexity index is 115. The van der Waals surface area contributed by atoms with Gasteiger partial charge in [-0.25, -0.2) is 4.79 Å². The monoisotopic (exact) mass is 172 g/mol. The Labute approximate surface area is 74.5 Å². The zero-order valence-electron chi connectivity index (χ0n) is 7.77. The lowest BCUT2D eigenvalue weighted by atomic mass is 10.2. The van der Waals surface area contributed by atoms with Crippen molar-refractivity contribution in [1.82, 2.24) is 5.32 Å². The molecule has 1 N–H and O–H groups in total. The fourth-order valence-corrected chi connectivity index (χ4v) is 0.816. The first-order valence-electron chi connectivity index (χ1n) is 4.51. The zero-order valence-corrected chi connectivity index (χ0v) is 7.77. The van der Waals surface area contributed by atoms with Crippen LogP contribution in [0.3, 0.4) is 0 Å². The molecule has 0 bridgehead atoms. The number of alkyl carbamates (subject to hydrolysis) is 1. The van der Waals surface area contributed by atoms with Gasteiger partial charge in [0, 0.05) is 6.54 Å². The summed E-state index contributed by atoms with van der Waals surface area (Å²) in [6, 6.07) is 0. The smallest absolute Gasteiger partial charge is 0.407 e. The van der Waals surface area contributed by atoms with Crippen LogP contribution in [-0.2, 0) is 4.74 Å². The minimum absolute atomic E-state index is 0.313. The van der Waals surface area contributed by atoms with Crippen LogP contribution < -0.4 is 5.32 Å². The highest BCUT2D eigenvalue weighted by Gasteiger charge is 1.97. The first-order chi connectivity index (χ1) is 5.81. The molecular formula is C9H18NO2. The molecule has 0 spiro atoms. The number of carbonyl (C=O) groups excluding carboxylic acids is 1. The van der Waals surface area contributed by atoms with Gasteiger partial charge in [0.05, 0.1) is 6.61 Å². The van der Waals surface area contributed by atoms with Crippen LogP contribution in [0.25, 0.3) is 0 Å². The predicted octanol–water partition coefficient (Wildman–Crippen LogP) is 2.13. The second kappa shape index (κ2) is 8.37. The second-order valence-electron chi connectivity index (χ2n) is 2.58. The van der Waals surface area contributed by atoms with Gasteiger partial charge in [-0.15, -0.1) is 0 Å². The van der Waals surface area contributed by atoms with Crippen LogP contribution in [0.15, 0.2) is 0 Å². The SMILES string of the molecule is [CH2]CCCCCOC(=O)NCC. The first kappa shape index (κ1) is 11.3. The summed E-state index contributed by atoms with van der Waals surface area (Å²) in [7, 11) is 0. The van der Waals surface area contributed by atoms with E-state index in [4.69, 9.17) is 4.74 Å². The lowest BCUT2D eigenvalue weighted by Crippen LogP contribution is -2.23. The maximum absolute atomic E-state index is 10.7. The molecule has 3 nitrogen and oxygen atoms in total. The van der Waals surface area contributed by atoms with E-state index < -0.39 is 0 Å². The van der Waals surface area contributed by atoms with Gasteiger partial charge in [0.15, 0.2) is 0 Å². The molecule has 71 valence electrons. The molecule has 0 aromatic rings. The number of carbonyl (C=O) groups is 1. The summed E-state index contributed by atoms with van der Waals surface area (Å²) < 4.78 is 4.86. The number of hydrogen-bond acceptors (Lipinski definition) is 2. The Hall–Kier alpha value is -0.730. The summed E-state index contributed by atoms with van der Waals surface area (Å²) in [6.45, 7) is 6.74. The molecule has 0 aliphatic heterocycles. The Morgan fingerprint density at radius 1 is 1.42 bits per heavy atom. The number of ether oxygens (including phenoxy) is 1. The highest BCUT2D eigenvalue weighted by molar-refractivity contribution is 5.66. The van der Waals surface area contributed by atoms with Gasteiger partial charge in [-0.3, -0.25) is 0 Å². The topological polar surface area (TPSA) is 38.3 Å². The van der Waals surface area contributed by atoms with Crippen molar-refractivity contribution in [3.05, 3.63) is 6.92 Å². The predicted molar refractivity (Wildman–Crippen MR) is 48.8 cm³/mol. The normalized spacial score (nSPS) is 9.50. The third-order valence-electron chi connectivity index (χ3n) is 1.45. The van der Waals surface area contributed by atoms with E-state index in [2.05, 4.69) is 12.2 Å². The molecule has 1 amide bonds. The lowest BCUT2D eigenvalue weighted by Gasteiger charge is -2.03. The Kier molecular flexibility index (Phi) is 7.86. The first-order valence-corrected chi connectivity index (χ1v) is 4.51. The zero-order chi connectivity index (χ0) is 9.23. The van der Waals surface area contributed by atoms with E-state index in [1.807, 2.05) is 6.92 Å². The summed E-state index contributed by atoms with van der Waals surface area (Å²) >= 11 is 0. The summed E-state index contributed by atoms with van der Waals surface area (Å²) in [5.74, 6) is 0. The molecule has 0 fully saturated rings. The number of unbranched alkanes of at least 4 members (excludes halogenated alkanes) is 3. The standard InChI is InChI=1S/C9H18NO2/c1-3-5-6-7-8-12-9(11)10-4-2/h1,3-8H2,2H3,(H,10,11). The highest BCUT2D eigenvalue weighted by atomic mass is 16.5. The van der Waals surface area contributed by atoms with Crippen LogP contribution in [0.5, 0.6) is 0 Å². The lowest BCUT2D eigenvalue weighted by molar-refractivity contribution is 0.144. The molecule has 0 aliphatic rings. The molecule has 0 saturated carbocycles. The van der Waals surface area contributed by atoms with Gasteiger partial charge in [0.1, 0.15) is 0 Å². The molecule has 1 radical (unpaired) electrons. The minimum Gasteiger partial charge on any atom is -0.450 e. The van der Waals surface area contributed by atoms with E-state index in [9.17, 15) is 4.79 Å². The molecule has 12 heavy (non-hydrogen) atoms. The Morgan fingerprint density at radius 3 is 2.75 bits per heavy atom. The van der Waals surface area contributed by atoms with E-state index in [0.29, 0.717) is 13.2 Å². The molecule has 0 aromatic carbocycles. The van der Waals surface area contributed by atoms with Crippen molar-refractivity contribution in [1.29, 1.82) is 0 Å². The van der Waals surface area contributed by atoms with Gasteiger partial charge in [-0.05, 0) is 13.3 Å². The molecule has 0 aliphatic carbocycles. The fraction of sp³-hybridized carbons (Fsp3) is 0.778. The highest BCUT2D eigenvalue weighted by Crippen LogP contribution is 1.98. The molecule has 3 heteroatoms. The van der Waals surface area contributed by atoms with Crippen molar-refractivity contribution in [3.8, 4) is 0 Å². The van der Waals surface area contributed by atoms with Crippen molar-refractivity contribution in [2.45, 2.75) is 32.6 Å². The van der Waals surface area contributed by atoms with E-state index in [1.54, 1.807) is 0 Å². The molecule has 0 saturated heterocycles. The van der Waals surface area contributed by atoms with Crippen molar-refractivity contribution < 1.29 is 9.53 Å². The number of rotatable bonds is 6. The summed E-state index contributed by atoms with van der Waals surface area (Å²) in [5, 5.41) is 2.56. The molecular weight excluding hydrogens is 154 g/mol. The summed E-state index contributed by atoms with van der Waals surface area (Å²) in [5.41, 5.74) is 0. The van der Waals surface area contributed by atoms with Crippen LogP contribution >= 0.6 is 0 Å². The number of hydrogen-bond donors (Lipinski definition) is 1. The van der Waals surface area contributed by atoms with Crippen LogP contribution in [0.4, 0.5) is 4.79 Å². The maximum Gasteiger partial charge on any atom is 0.407 e. The van der Waals surface area contributed by atoms with Crippen LogP contribution in [-0.4, -0.2) is 19.2 Å². The van der Waals surface area contributed by atoms with Crippen molar-refractivity contribution in [2.75, 3.05) is 13.2 Å². The number of nitrogens with one attached hydrogen (secondary N) is 1. The number of amides is 1. The Morgan fingerprint density at radius 2 is 2.17 bits per heavy atom. The van der Waals surface area contributed by atoms with Crippen LogP contribution in [0.2, 0.25) is 0 Å². The van der Waals surface area contributed by atoms with Gasteiger partial charge < -0.3 is 10.1 Å². The molecule has 0 unspecified atom stereocenters. The minimum atomic E-state index is -0.313. The second-order valence-corrected chi connectivity index (χ2v) is 2.58. The average Bonchev–Trinajstić information content (AvgIpc) is 2.05. The van der Waals surface area contributed by atoms with Gasteiger partial charge >= 0.3 is 6.09 Å². The van der Waals surface area contributed by atoms with Gasteiger partial charge in [0.25, 0.3) is 0 Å². The van der Waals surface area contributed by atoms with Crippen molar-refractivity contribution in [3.63, 3.8) is 0 Å². The molecule has 0 rings (SSSR count). The fourth-order valence-electron chi connectivity index (χ4n) is 0.816. The molecule has 0 aromatic heterocycles. The molecule has 0 heterocycles. The Balaban J connectivity index is 3.03. The van der Waals surface area contributed by atoms with E-state index >= 15 is 0 Å². The summed E-state index contributed by atoms with van der Waals surface area (Å²) in [4.78, 5) is 10.7. The quantitative estimate of drug-likeness (QED) is 0.623. The van der Waals surface area contributed by atoms with Crippen LogP contribution in [0, 0.1) is 6.92 Å². The maximum atomic E-state index is 10.7. The largest absolute Gasteiger partial charge is 0.450 e.